The molecule has 5 heteroatoms. The molecule has 25 heavy (non-hydrogen) atoms. The molecular formula is C20H23F3N2. The number of piperidine rings is 1. The second kappa shape index (κ2) is 7.38. The summed E-state index contributed by atoms with van der Waals surface area (Å²) in [5.74, 6) is 0. The van der Waals surface area contributed by atoms with Crippen molar-refractivity contribution in [3.63, 3.8) is 0 Å². The summed E-state index contributed by atoms with van der Waals surface area (Å²) in [6.07, 6.45) is -0.985. The molecule has 2 aromatic carbocycles. The van der Waals surface area contributed by atoms with E-state index in [4.69, 9.17) is 0 Å². The smallest absolute Gasteiger partial charge is 0.379 e. The van der Waals surface area contributed by atoms with Gasteiger partial charge in [-0.3, -0.25) is 0 Å². The maximum absolute atomic E-state index is 13.1. The van der Waals surface area contributed by atoms with Crippen molar-refractivity contribution in [1.82, 2.24) is 0 Å². The molecule has 0 aliphatic carbocycles. The van der Waals surface area contributed by atoms with E-state index in [9.17, 15) is 13.2 Å². The van der Waals surface area contributed by atoms with Gasteiger partial charge in [-0.1, -0.05) is 29.8 Å². The van der Waals surface area contributed by atoms with Gasteiger partial charge in [-0.2, -0.15) is 13.2 Å². The number of rotatable bonds is 4. The molecule has 0 atom stereocenters. The fourth-order valence-electron chi connectivity index (χ4n) is 3.17. The van der Waals surface area contributed by atoms with Crippen molar-refractivity contribution in [2.75, 3.05) is 23.3 Å². The van der Waals surface area contributed by atoms with Gasteiger partial charge in [0, 0.05) is 19.6 Å². The third-order valence-corrected chi connectivity index (χ3v) is 4.62. The number of benzene rings is 2. The van der Waals surface area contributed by atoms with E-state index in [2.05, 4.69) is 10.2 Å². The largest absolute Gasteiger partial charge is 0.416 e. The van der Waals surface area contributed by atoms with E-state index >= 15 is 0 Å². The Kier molecular flexibility index (Phi) is 5.21. The molecule has 0 amide bonds. The Bertz CT molecular complexity index is 702. The first kappa shape index (κ1) is 17.6. The Morgan fingerprint density at radius 3 is 2.28 bits per heavy atom. The highest BCUT2D eigenvalue weighted by atomic mass is 19.4. The summed E-state index contributed by atoms with van der Waals surface area (Å²) in [7, 11) is 0. The first-order chi connectivity index (χ1) is 11.9. The third kappa shape index (κ3) is 4.47. The van der Waals surface area contributed by atoms with E-state index in [1.807, 2.05) is 31.2 Å². The van der Waals surface area contributed by atoms with Crippen molar-refractivity contribution in [1.29, 1.82) is 0 Å². The summed E-state index contributed by atoms with van der Waals surface area (Å²) < 4.78 is 39.3. The number of halogens is 3. The number of nitrogens with zero attached hydrogens (tertiary/aromatic N) is 1. The van der Waals surface area contributed by atoms with Gasteiger partial charge in [-0.25, -0.2) is 0 Å². The summed E-state index contributed by atoms with van der Waals surface area (Å²) in [6, 6.07) is 12.0. The molecule has 0 aromatic heterocycles. The second-order valence-corrected chi connectivity index (χ2v) is 6.62. The van der Waals surface area contributed by atoms with E-state index in [1.165, 1.54) is 18.6 Å². The predicted molar refractivity (Wildman–Crippen MR) is 96.0 cm³/mol. The van der Waals surface area contributed by atoms with Gasteiger partial charge < -0.3 is 10.2 Å². The molecule has 2 nitrogen and oxygen atoms in total. The first-order valence-electron chi connectivity index (χ1n) is 8.69. The molecular weight excluding hydrogens is 325 g/mol. The molecule has 1 aliphatic heterocycles. The van der Waals surface area contributed by atoms with Crippen molar-refractivity contribution in [3.8, 4) is 0 Å². The maximum atomic E-state index is 13.1. The molecule has 1 saturated heterocycles. The van der Waals surface area contributed by atoms with Crippen LogP contribution < -0.4 is 10.2 Å². The molecule has 2 aromatic rings. The third-order valence-electron chi connectivity index (χ3n) is 4.62. The topological polar surface area (TPSA) is 15.3 Å². The minimum Gasteiger partial charge on any atom is -0.379 e. The highest BCUT2D eigenvalue weighted by Gasteiger charge is 2.31. The minimum absolute atomic E-state index is 0.502. The van der Waals surface area contributed by atoms with Crippen molar-refractivity contribution in [2.24, 2.45) is 0 Å². The summed E-state index contributed by atoms with van der Waals surface area (Å²) in [5.41, 5.74) is 3.02. The van der Waals surface area contributed by atoms with Crippen molar-refractivity contribution in [3.05, 3.63) is 59.2 Å². The van der Waals surface area contributed by atoms with Crippen LogP contribution in [0.3, 0.4) is 0 Å². The quantitative estimate of drug-likeness (QED) is 0.772. The molecule has 0 saturated carbocycles. The Morgan fingerprint density at radius 1 is 0.960 bits per heavy atom. The van der Waals surface area contributed by atoms with Gasteiger partial charge in [0.05, 0.1) is 16.9 Å². The van der Waals surface area contributed by atoms with Crippen LogP contribution in [0, 0.1) is 6.92 Å². The fourth-order valence-corrected chi connectivity index (χ4v) is 3.17. The first-order valence-corrected chi connectivity index (χ1v) is 8.69. The average Bonchev–Trinajstić information content (AvgIpc) is 2.61. The van der Waals surface area contributed by atoms with Crippen LogP contribution in [0.5, 0.6) is 0 Å². The second-order valence-electron chi connectivity index (χ2n) is 6.62. The molecule has 1 heterocycles. The predicted octanol–water partition coefficient (Wildman–Crippen LogP) is 5.62. The van der Waals surface area contributed by atoms with Gasteiger partial charge in [-0.05, 0) is 49.9 Å². The lowest BCUT2D eigenvalue weighted by Crippen LogP contribution is -2.30. The highest BCUT2D eigenvalue weighted by Crippen LogP contribution is 2.36. The van der Waals surface area contributed by atoms with Gasteiger partial charge in [0.25, 0.3) is 0 Å². The summed E-state index contributed by atoms with van der Waals surface area (Å²) >= 11 is 0. The lowest BCUT2D eigenvalue weighted by Gasteiger charge is -2.31. The Morgan fingerprint density at radius 2 is 1.64 bits per heavy atom. The van der Waals surface area contributed by atoms with E-state index in [0.29, 0.717) is 12.2 Å². The minimum atomic E-state index is -4.33. The van der Waals surface area contributed by atoms with Gasteiger partial charge in [0.1, 0.15) is 0 Å². The fraction of sp³-hybridized carbons (Fsp3) is 0.400. The van der Waals surface area contributed by atoms with Crippen LogP contribution in [0.15, 0.2) is 42.5 Å². The van der Waals surface area contributed by atoms with Crippen LogP contribution in [0.1, 0.15) is 36.0 Å². The van der Waals surface area contributed by atoms with Gasteiger partial charge >= 0.3 is 6.18 Å². The number of aryl methyl sites for hydroxylation is 1. The lowest BCUT2D eigenvalue weighted by molar-refractivity contribution is -0.137. The molecule has 1 N–H and O–H groups in total. The molecule has 1 fully saturated rings. The molecule has 0 spiro atoms. The Labute approximate surface area is 146 Å². The molecule has 1 aliphatic rings. The maximum Gasteiger partial charge on any atom is 0.416 e. The normalized spacial score (nSPS) is 15.3. The van der Waals surface area contributed by atoms with Gasteiger partial charge in [-0.15, -0.1) is 0 Å². The Hall–Kier alpha value is -2.17. The molecule has 134 valence electrons. The van der Waals surface area contributed by atoms with Crippen LogP contribution in [0.2, 0.25) is 0 Å². The monoisotopic (exact) mass is 348 g/mol. The highest BCUT2D eigenvalue weighted by molar-refractivity contribution is 5.71. The van der Waals surface area contributed by atoms with Gasteiger partial charge in [0.2, 0.25) is 0 Å². The number of hydrogen-bond acceptors (Lipinski definition) is 2. The van der Waals surface area contributed by atoms with Crippen LogP contribution in [0.25, 0.3) is 0 Å². The van der Waals surface area contributed by atoms with Crippen LogP contribution in [-0.4, -0.2) is 13.1 Å². The lowest BCUT2D eigenvalue weighted by atomic mass is 10.1. The average molecular weight is 348 g/mol. The zero-order chi connectivity index (χ0) is 17.9. The van der Waals surface area contributed by atoms with E-state index in [1.54, 1.807) is 6.07 Å². The van der Waals surface area contributed by atoms with Crippen LogP contribution in [0.4, 0.5) is 24.5 Å². The number of anilines is 2. The molecule has 0 bridgehead atoms. The molecule has 0 radical (unpaired) electrons. The standard InChI is InChI=1S/C20H23F3N2/c1-15-5-7-16(8-6-15)14-24-18-13-17(20(21,22)23)9-10-19(18)25-11-3-2-4-12-25/h5-10,13,24H,2-4,11-12,14H2,1H3. The number of alkyl halides is 3. The Balaban J connectivity index is 1.85. The van der Waals surface area contributed by atoms with Crippen molar-refractivity contribution in [2.45, 2.75) is 38.9 Å². The summed E-state index contributed by atoms with van der Waals surface area (Å²) in [5, 5.41) is 3.22. The van der Waals surface area contributed by atoms with E-state index in [0.717, 1.165) is 42.7 Å². The summed E-state index contributed by atoms with van der Waals surface area (Å²) in [4.78, 5) is 2.18. The molecule has 3 rings (SSSR count). The van der Waals surface area contributed by atoms with Crippen LogP contribution >= 0.6 is 0 Å². The van der Waals surface area contributed by atoms with Crippen molar-refractivity contribution < 1.29 is 13.2 Å². The zero-order valence-corrected chi connectivity index (χ0v) is 14.4. The molecule has 0 unspecified atom stereocenters. The SMILES string of the molecule is Cc1ccc(CNc2cc(C(F)(F)F)ccc2N2CCCCC2)cc1. The number of nitrogens with one attached hydrogen (secondary N) is 1. The number of hydrogen-bond donors (Lipinski definition) is 1. The van der Waals surface area contributed by atoms with Crippen molar-refractivity contribution >= 4 is 11.4 Å². The van der Waals surface area contributed by atoms with E-state index < -0.39 is 11.7 Å². The van der Waals surface area contributed by atoms with Gasteiger partial charge in [0.15, 0.2) is 0 Å². The van der Waals surface area contributed by atoms with Crippen LogP contribution in [-0.2, 0) is 12.7 Å². The van der Waals surface area contributed by atoms with E-state index in [-0.39, 0.29) is 0 Å². The zero-order valence-electron chi connectivity index (χ0n) is 14.4. The summed E-state index contributed by atoms with van der Waals surface area (Å²) in [6.45, 7) is 4.30.